The number of allylic oxidation sites excluding steroid dienone is 10. The minimum absolute atomic E-state index is 0.783. The number of halogens is 12. The van der Waals surface area contributed by atoms with Crippen LogP contribution in [0.3, 0.4) is 0 Å². The molecule has 0 heterocycles. The Hall–Kier alpha value is -6.76. The quantitative estimate of drug-likeness (QED) is 0.132. The average Bonchev–Trinajstić information content (AvgIpc) is 3.80. The van der Waals surface area contributed by atoms with Crippen molar-refractivity contribution in [2.45, 2.75) is 6.42 Å². The lowest BCUT2D eigenvalue weighted by Crippen LogP contribution is -2.06. The van der Waals surface area contributed by atoms with Crippen LogP contribution >= 0.6 is 0 Å². The molecule has 0 unspecified atom stereocenters. The minimum Gasteiger partial charge on any atom is -0.243 e. The highest BCUT2D eigenvalue weighted by Crippen LogP contribution is 2.56. The van der Waals surface area contributed by atoms with Crippen molar-refractivity contribution >= 4 is 11.1 Å². The van der Waals surface area contributed by atoms with Gasteiger partial charge in [0.05, 0.1) is 28.3 Å². The van der Waals surface area contributed by atoms with E-state index in [2.05, 4.69) is 0 Å². The van der Waals surface area contributed by atoms with Crippen LogP contribution in [0, 0.1) is 115 Å². The summed E-state index contributed by atoms with van der Waals surface area (Å²) in [6.45, 7) is -2.11. The second kappa shape index (κ2) is 13.7. The first-order valence-corrected chi connectivity index (χ1v) is 12.0. The summed E-state index contributed by atoms with van der Waals surface area (Å²) in [6.07, 6.45) is -1.77. The standard InChI is InChI=1S/C30H4F12N6/c31-2-16(33)10(4-44)22(34)15(32)1-9(3-43)17-18(11(5-45)20-27(39)23(35)13(7-47)24(36)28(20)40)19(17)12(6-46)21-29(41)25(37)14(8-48)26(38)30(21)42/h1-2H2/b16-10+,17-9?,18-11?,19-12?,22-15-. The van der Waals surface area contributed by atoms with Crippen LogP contribution in [0.5, 0.6) is 0 Å². The summed E-state index contributed by atoms with van der Waals surface area (Å²) in [5, 5.41) is 55.7. The molecule has 2 aromatic carbocycles. The van der Waals surface area contributed by atoms with E-state index in [4.69, 9.17) is 15.8 Å². The highest BCUT2D eigenvalue weighted by molar-refractivity contribution is 6.07. The second-order valence-corrected chi connectivity index (χ2v) is 8.85. The van der Waals surface area contributed by atoms with Crippen LogP contribution < -0.4 is 0 Å². The van der Waals surface area contributed by atoms with Crippen molar-refractivity contribution in [2.75, 3.05) is 6.67 Å². The van der Waals surface area contributed by atoms with Crippen LogP contribution in [0.4, 0.5) is 52.7 Å². The number of hydrogen-bond acceptors (Lipinski definition) is 6. The Balaban J connectivity index is 2.65. The largest absolute Gasteiger partial charge is 0.243 e. The molecule has 238 valence electrons. The van der Waals surface area contributed by atoms with E-state index in [1.165, 1.54) is 0 Å². The summed E-state index contributed by atoms with van der Waals surface area (Å²) in [6, 6.07) is 5.53. The third-order valence-electron chi connectivity index (χ3n) is 6.39. The zero-order valence-corrected chi connectivity index (χ0v) is 22.6. The third kappa shape index (κ3) is 5.60. The Morgan fingerprint density at radius 3 is 1.12 bits per heavy atom. The molecule has 0 saturated heterocycles. The van der Waals surface area contributed by atoms with Crippen molar-refractivity contribution in [3.05, 3.63) is 114 Å². The summed E-state index contributed by atoms with van der Waals surface area (Å²) in [4.78, 5) is 0. The first-order valence-electron chi connectivity index (χ1n) is 12.0. The summed E-state index contributed by atoms with van der Waals surface area (Å²) in [7, 11) is 0. The van der Waals surface area contributed by atoms with E-state index in [1.807, 2.05) is 0 Å². The minimum atomic E-state index is -2.47. The normalized spacial score (nSPS) is 15.0. The predicted molar refractivity (Wildman–Crippen MR) is 133 cm³/mol. The van der Waals surface area contributed by atoms with Gasteiger partial charge in [-0.25, -0.2) is 52.7 Å². The van der Waals surface area contributed by atoms with Crippen molar-refractivity contribution in [1.82, 2.24) is 0 Å². The van der Waals surface area contributed by atoms with Gasteiger partial charge in [0.25, 0.3) is 0 Å². The number of hydrogen-bond donors (Lipinski definition) is 0. The fourth-order valence-electron chi connectivity index (χ4n) is 4.21. The van der Waals surface area contributed by atoms with E-state index in [9.17, 15) is 68.5 Å². The van der Waals surface area contributed by atoms with Crippen molar-refractivity contribution in [3.63, 3.8) is 0 Å². The van der Waals surface area contributed by atoms with Crippen LogP contribution in [-0.4, -0.2) is 6.67 Å². The van der Waals surface area contributed by atoms with Crippen molar-refractivity contribution in [2.24, 2.45) is 0 Å². The molecule has 0 spiro atoms. The molecule has 1 aliphatic rings. The fraction of sp³-hybridized carbons (Fsp3) is 0.0667. The lowest BCUT2D eigenvalue weighted by molar-refractivity contribution is 0.446. The van der Waals surface area contributed by atoms with E-state index in [0.29, 0.717) is 0 Å². The Bertz CT molecular complexity index is 2090. The van der Waals surface area contributed by atoms with E-state index in [0.717, 1.165) is 36.4 Å². The molecule has 0 amide bonds. The van der Waals surface area contributed by atoms with Gasteiger partial charge in [-0.3, -0.25) is 0 Å². The maximum absolute atomic E-state index is 15.0. The van der Waals surface area contributed by atoms with Gasteiger partial charge in [0.15, 0.2) is 58.2 Å². The van der Waals surface area contributed by atoms with E-state index >= 15 is 0 Å². The molecule has 0 aliphatic heterocycles. The predicted octanol–water partition coefficient (Wildman–Crippen LogP) is 7.89. The van der Waals surface area contributed by atoms with E-state index < -0.39 is 138 Å². The van der Waals surface area contributed by atoms with Gasteiger partial charge in [0, 0.05) is 28.7 Å². The molecule has 48 heavy (non-hydrogen) atoms. The summed E-state index contributed by atoms with van der Waals surface area (Å²) < 4.78 is 173. The molecule has 3 rings (SSSR count). The molecule has 0 atom stereocenters. The maximum atomic E-state index is 15.0. The molecule has 0 bridgehead atoms. The highest BCUT2D eigenvalue weighted by Gasteiger charge is 2.45. The van der Waals surface area contributed by atoms with Crippen molar-refractivity contribution < 1.29 is 52.7 Å². The molecular formula is C30H4F12N6. The van der Waals surface area contributed by atoms with Crippen LogP contribution in [0.15, 0.2) is 45.3 Å². The van der Waals surface area contributed by atoms with Gasteiger partial charge in [0.2, 0.25) is 0 Å². The highest BCUT2D eigenvalue weighted by atomic mass is 19.2. The second-order valence-electron chi connectivity index (χ2n) is 8.85. The van der Waals surface area contributed by atoms with Crippen LogP contribution in [0.2, 0.25) is 0 Å². The summed E-state index contributed by atoms with van der Waals surface area (Å²) >= 11 is 0. The number of benzene rings is 2. The molecule has 0 N–H and O–H groups in total. The van der Waals surface area contributed by atoms with Crippen molar-refractivity contribution in [1.29, 1.82) is 31.6 Å². The summed E-state index contributed by atoms with van der Waals surface area (Å²) in [5.41, 5.74) is -17.8. The molecular weight excluding hydrogens is 672 g/mol. The van der Waals surface area contributed by atoms with Gasteiger partial charge in [-0.1, -0.05) is 0 Å². The summed E-state index contributed by atoms with van der Waals surface area (Å²) in [5.74, 6) is -26.3. The number of nitrogens with zero attached hydrogens (tertiary/aromatic N) is 6. The third-order valence-corrected chi connectivity index (χ3v) is 6.39. The topological polar surface area (TPSA) is 143 Å². The van der Waals surface area contributed by atoms with E-state index in [1.54, 1.807) is 0 Å². The number of alkyl halides is 1. The molecule has 1 fully saturated rings. The van der Waals surface area contributed by atoms with Gasteiger partial charge in [0.1, 0.15) is 59.5 Å². The number of nitriles is 6. The van der Waals surface area contributed by atoms with Crippen LogP contribution in [0.25, 0.3) is 11.1 Å². The Kier molecular flexibility index (Phi) is 10.2. The SMILES string of the molecule is N#CC(C/C(F)=C(F)\C(C#N)=C(\F)CF)=C1C(=C(C#N)c2c(F)c(F)c(C#N)c(F)c2F)C1=C(C#N)c1c(F)c(F)c(C#N)c(F)c1F. The molecule has 1 aliphatic carbocycles. The first-order chi connectivity index (χ1) is 22.6. The molecule has 2 aromatic rings. The monoisotopic (exact) mass is 676 g/mol. The Morgan fingerprint density at radius 1 is 0.479 bits per heavy atom. The lowest BCUT2D eigenvalue weighted by Gasteiger charge is -2.08. The average molecular weight is 676 g/mol. The Labute approximate surface area is 259 Å². The first kappa shape index (κ1) is 35.7. The lowest BCUT2D eigenvalue weighted by atomic mass is 9.99. The van der Waals surface area contributed by atoms with E-state index in [-0.39, 0.29) is 0 Å². The van der Waals surface area contributed by atoms with Crippen LogP contribution in [-0.2, 0) is 0 Å². The van der Waals surface area contributed by atoms with Crippen molar-refractivity contribution in [3.8, 4) is 36.4 Å². The zero-order valence-electron chi connectivity index (χ0n) is 22.6. The fourth-order valence-corrected chi connectivity index (χ4v) is 4.21. The maximum Gasteiger partial charge on any atom is 0.180 e. The van der Waals surface area contributed by atoms with Gasteiger partial charge < -0.3 is 0 Å². The smallest absolute Gasteiger partial charge is 0.180 e. The van der Waals surface area contributed by atoms with Gasteiger partial charge in [-0.05, 0) is 0 Å². The van der Waals surface area contributed by atoms with Gasteiger partial charge >= 0.3 is 0 Å². The molecule has 6 nitrogen and oxygen atoms in total. The molecule has 0 radical (unpaired) electrons. The van der Waals surface area contributed by atoms with Gasteiger partial charge in [-0.15, -0.1) is 0 Å². The van der Waals surface area contributed by atoms with Gasteiger partial charge in [-0.2, -0.15) is 31.6 Å². The molecule has 1 saturated carbocycles. The number of rotatable bonds is 6. The Morgan fingerprint density at radius 2 is 0.854 bits per heavy atom. The zero-order chi connectivity index (χ0) is 36.4. The molecule has 18 heteroatoms. The van der Waals surface area contributed by atoms with Crippen LogP contribution in [0.1, 0.15) is 28.7 Å². The molecule has 0 aromatic heterocycles.